The highest BCUT2D eigenvalue weighted by atomic mass is 16.1. The maximum Gasteiger partial charge on any atom is 0.159 e. The van der Waals surface area contributed by atoms with E-state index in [0.717, 1.165) is 69.5 Å². The summed E-state index contributed by atoms with van der Waals surface area (Å²) in [5.74, 6) is 0.226. The van der Waals surface area contributed by atoms with E-state index in [1.54, 1.807) is 13.8 Å². The van der Waals surface area contributed by atoms with Crippen LogP contribution in [-0.4, -0.2) is 42.6 Å². The van der Waals surface area contributed by atoms with Gasteiger partial charge in [-0.15, -0.1) is 0 Å². The average molecular weight is 701 g/mol. The van der Waals surface area contributed by atoms with Crippen molar-refractivity contribution in [3.63, 3.8) is 0 Å². The number of hydrogen-bond donors (Lipinski definition) is 1. The van der Waals surface area contributed by atoms with Gasteiger partial charge in [-0.25, -0.2) is 0 Å². The Labute approximate surface area is 316 Å². The van der Waals surface area contributed by atoms with Crippen LogP contribution in [0.25, 0.3) is 11.1 Å². The molecule has 5 aromatic carbocycles. The minimum Gasteiger partial charge on any atom is -0.316 e. The molecular weight excluding hydrogens is 649 g/mol. The number of nitrogens with one attached hydrogen (secondary N) is 1. The summed E-state index contributed by atoms with van der Waals surface area (Å²) < 4.78 is 0. The maximum absolute atomic E-state index is 11.7. The third-order valence-corrected chi connectivity index (χ3v) is 10.4. The maximum atomic E-state index is 11.7. The molecule has 2 aliphatic rings. The summed E-state index contributed by atoms with van der Waals surface area (Å²) in [6.07, 6.45) is 4.31. The zero-order valence-corrected chi connectivity index (χ0v) is 31.8. The molecule has 0 saturated carbocycles. The number of hydrogen-bond acceptors (Lipinski definition) is 4. The topological polar surface area (TPSA) is 49.4 Å². The van der Waals surface area contributed by atoms with Gasteiger partial charge >= 0.3 is 0 Å². The van der Waals surface area contributed by atoms with Crippen LogP contribution in [0.5, 0.6) is 0 Å². The van der Waals surface area contributed by atoms with E-state index < -0.39 is 0 Å². The first-order valence-corrected chi connectivity index (χ1v) is 19.0. The highest BCUT2D eigenvalue weighted by molar-refractivity contribution is 5.95. The van der Waals surface area contributed by atoms with E-state index in [4.69, 9.17) is 0 Å². The zero-order valence-electron chi connectivity index (χ0n) is 31.8. The molecule has 0 amide bonds. The molecule has 270 valence electrons. The van der Waals surface area contributed by atoms with Crippen molar-refractivity contribution in [3.05, 3.63) is 189 Å². The third kappa shape index (κ3) is 10.0. The summed E-state index contributed by atoms with van der Waals surface area (Å²) in [6.45, 7) is 12.8. The van der Waals surface area contributed by atoms with Crippen LogP contribution in [0.15, 0.2) is 139 Å². The van der Waals surface area contributed by atoms with Crippen LogP contribution in [0, 0.1) is 13.8 Å². The summed E-state index contributed by atoms with van der Waals surface area (Å²) in [5.41, 5.74) is 16.1. The molecule has 7 rings (SSSR count). The van der Waals surface area contributed by atoms with E-state index in [-0.39, 0.29) is 11.6 Å². The fourth-order valence-electron chi connectivity index (χ4n) is 7.55. The molecule has 53 heavy (non-hydrogen) atoms. The van der Waals surface area contributed by atoms with Gasteiger partial charge in [-0.3, -0.25) is 14.5 Å². The van der Waals surface area contributed by atoms with E-state index in [2.05, 4.69) is 127 Å². The Kier molecular flexibility index (Phi) is 12.8. The smallest absolute Gasteiger partial charge is 0.159 e. The number of piperidine rings is 2. The first-order chi connectivity index (χ1) is 25.7. The van der Waals surface area contributed by atoms with Crippen molar-refractivity contribution in [2.45, 2.75) is 59.9 Å². The summed E-state index contributed by atoms with van der Waals surface area (Å²) in [6, 6.07) is 44.4. The predicted octanol–water partition coefficient (Wildman–Crippen LogP) is 10.7. The molecule has 4 nitrogen and oxygen atoms in total. The zero-order chi connectivity index (χ0) is 37.2. The van der Waals surface area contributed by atoms with Crippen molar-refractivity contribution in [2.24, 2.45) is 0 Å². The van der Waals surface area contributed by atoms with Crippen LogP contribution in [-0.2, 0) is 6.54 Å². The van der Waals surface area contributed by atoms with Gasteiger partial charge in [-0.2, -0.15) is 0 Å². The minimum absolute atomic E-state index is 0.112. The number of ketones is 2. The van der Waals surface area contributed by atoms with Gasteiger partial charge in [0.05, 0.1) is 0 Å². The number of rotatable bonds is 8. The molecule has 2 heterocycles. The molecule has 0 radical (unpaired) electrons. The molecule has 0 spiro atoms. The van der Waals surface area contributed by atoms with Crippen molar-refractivity contribution < 1.29 is 9.59 Å². The molecule has 0 aromatic heterocycles. The molecule has 0 unspecified atom stereocenters. The first-order valence-electron chi connectivity index (χ1n) is 19.0. The second-order valence-electron chi connectivity index (χ2n) is 14.5. The molecule has 2 aliphatic heterocycles. The summed E-state index contributed by atoms with van der Waals surface area (Å²) >= 11 is 0. The number of benzene rings is 5. The third-order valence-electron chi connectivity index (χ3n) is 10.4. The molecule has 5 aromatic rings. The Balaban J connectivity index is 0.000000188. The summed E-state index contributed by atoms with van der Waals surface area (Å²) in [4.78, 5) is 25.8. The first kappa shape index (κ1) is 37.6. The quantitative estimate of drug-likeness (QED) is 0.164. The van der Waals surface area contributed by atoms with Crippen molar-refractivity contribution in [2.75, 3.05) is 26.2 Å². The second-order valence-corrected chi connectivity index (χ2v) is 14.5. The Bertz CT molecular complexity index is 2070. The number of aryl methyl sites for hydroxylation is 2. The van der Waals surface area contributed by atoms with Gasteiger partial charge in [0.1, 0.15) is 0 Å². The lowest BCUT2D eigenvalue weighted by atomic mass is 9.87. The van der Waals surface area contributed by atoms with Gasteiger partial charge in [0.15, 0.2) is 11.6 Å². The van der Waals surface area contributed by atoms with E-state index in [1.807, 2.05) is 24.3 Å². The lowest BCUT2D eigenvalue weighted by Crippen LogP contribution is -2.30. The van der Waals surface area contributed by atoms with Gasteiger partial charge < -0.3 is 5.32 Å². The van der Waals surface area contributed by atoms with Crippen LogP contribution < -0.4 is 5.32 Å². The Morgan fingerprint density at radius 3 is 1.38 bits per heavy atom. The molecule has 4 heteroatoms. The number of nitrogens with zero attached hydrogens (tertiary/aromatic N) is 1. The molecule has 2 saturated heterocycles. The SMILES string of the molecule is CC(=O)c1ccc(C(=C2CCN(Cc3ccccc3)CC2)c2cccc(C)c2)cc1.CC(=O)c1ccc(C(=C2CCNCC2)c2cccc(C)c2)cc1. The minimum atomic E-state index is 0.112. The van der Waals surface area contributed by atoms with Gasteiger partial charge in [0.2, 0.25) is 0 Å². The van der Waals surface area contributed by atoms with Crippen LogP contribution in [0.1, 0.15) is 99.2 Å². The van der Waals surface area contributed by atoms with E-state index in [9.17, 15) is 9.59 Å². The number of carbonyl (C=O) groups is 2. The van der Waals surface area contributed by atoms with Crippen LogP contribution in [0.4, 0.5) is 0 Å². The standard InChI is InChI=1S/C28H29NO.C21H23NO/c1-21-7-6-10-27(19-21)28(25-13-11-24(12-14-25)22(2)30)26-15-17-29(18-16-26)20-23-8-4-3-5-9-23;1-15-4-3-5-20(14-15)21(19-10-12-22-13-11-19)18-8-6-17(7-9-18)16(2)23/h3-14,19H,15-18,20H2,1-2H3;3-9,14,22H,10-13H2,1-2H3. The van der Waals surface area contributed by atoms with Gasteiger partial charge in [0.25, 0.3) is 0 Å². The second kappa shape index (κ2) is 18.1. The molecule has 2 fully saturated rings. The fraction of sp³-hybridized carbons (Fsp3) is 0.265. The monoisotopic (exact) mass is 700 g/mol. The van der Waals surface area contributed by atoms with Crippen molar-refractivity contribution in [1.29, 1.82) is 0 Å². The number of Topliss-reactive ketones (excluding diaryl/α,β-unsaturated/α-hetero) is 2. The van der Waals surface area contributed by atoms with E-state index in [1.165, 1.54) is 61.2 Å². The van der Waals surface area contributed by atoms with Gasteiger partial charge in [-0.1, -0.05) is 150 Å². The Hall–Kier alpha value is -5.16. The van der Waals surface area contributed by atoms with Crippen LogP contribution >= 0.6 is 0 Å². The largest absolute Gasteiger partial charge is 0.316 e. The van der Waals surface area contributed by atoms with Crippen molar-refractivity contribution in [1.82, 2.24) is 10.2 Å². The lowest BCUT2D eigenvalue weighted by molar-refractivity contribution is 0.100. The Morgan fingerprint density at radius 1 is 0.509 bits per heavy atom. The van der Waals surface area contributed by atoms with E-state index >= 15 is 0 Å². The van der Waals surface area contributed by atoms with Crippen LogP contribution in [0.2, 0.25) is 0 Å². The Morgan fingerprint density at radius 2 is 0.943 bits per heavy atom. The molecule has 0 atom stereocenters. The molecule has 1 N–H and O–H groups in total. The molecule has 0 aliphatic carbocycles. The fourth-order valence-corrected chi connectivity index (χ4v) is 7.55. The number of carbonyl (C=O) groups excluding carboxylic acids is 2. The van der Waals surface area contributed by atoms with Gasteiger partial charge in [0, 0.05) is 30.8 Å². The average Bonchev–Trinajstić information content (AvgIpc) is 3.17. The lowest BCUT2D eigenvalue weighted by Gasteiger charge is -2.30. The van der Waals surface area contributed by atoms with Gasteiger partial charge in [-0.05, 0) is 105 Å². The highest BCUT2D eigenvalue weighted by Gasteiger charge is 2.20. The van der Waals surface area contributed by atoms with Crippen molar-refractivity contribution in [3.8, 4) is 0 Å². The normalized spacial score (nSPS) is 14.6. The summed E-state index contributed by atoms with van der Waals surface area (Å²) in [7, 11) is 0. The molecule has 0 bridgehead atoms. The summed E-state index contributed by atoms with van der Waals surface area (Å²) in [5, 5.41) is 3.43. The highest BCUT2D eigenvalue weighted by Crippen LogP contribution is 2.34. The predicted molar refractivity (Wildman–Crippen MR) is 220 cm³/mol. The van der Waals surface area contributed by atoms with Crippen molar-refractivity contribution >= 4 is 22.7 Å². The van der Waals surface area contributed by atoms with Crippen LogP contribution in [0.3, 0.4) is 0 Å². The van der Waals surface area contributed by atoms with E-state index in [0.29, 0.717) is 0 Å². The number of likely N-dealkylation sites (tertiary alicyclic amines) is 1. The molecular formula is C49H52N2O2.